The first-order valence-electron chi connectivity index (χ1n) is 5.47. The van der Waals surface area contributed by atoms with Gasteiger partial charge in [0.2, 0.25) is 0 Å². The maximum absolute atomic E-state index is 12.3. The van der Waals surface area contributed by atoms with Crippen LogP contribution in [0.1, 0.15) is 23.8 Å². The average molecular weight is 308 g/mol. The zero-order valence-corrected chi connectivity index (χ0v) is 12.5. The van der Waals surface area contributed by atoms with Crippen molar-refractivity contribution in [1.29, 1.82) is 0 Å². The second-order valence-electron chi connectivity index (χ2n) is 3.94. The normalized spacial score (nSPS) is 13.5. The zero-order valence-electron chi connectivity index (χ0n) is 10.9. The van der Waals surface area contributed by atoms with Gasteiger partial charge in [-0.05, 0) is 13.3 Å². The zero-order chi connectivity index (χ0) is 14.6. The Hall–Kier alpha value is -1.03. The lowest BCUT2D eigenvalue weighted by atomic mass is 10.3. The molecule has 1 N–H and O–H groups in total. The number of carbonyl (C=O) groups is 1. The Morgan fingerprint density at radius 2 is 2.26 bits per heavy atom. The fourth-order valence-corrected chi connectivity index (χ4v) is 3.79. The molecule has 0 fully saturated rings. The van der Waals surface area contributed by atoms with Crippen LogP contribution in [0.25, 0.3) is 0 Å². The van der Waals surface area contributed by atoms with Gasteiger partial charge in [-0.1, -0.05) is 0 Å². The Morgan fingerprint density at radius 3 is 2.79 bits per heavy atom. The molecule has 0 saturated heterocycles. The van der Waals surface area contributed by atoms with Crippen molar-refractivity contribution >= 4 is 27.3 Å². The largest absolute Gasteiger partial charge is 0.464 e. The van der Waals surface area contributed by atoms with E-state index in [4.69, 9.17) is 0 Å². The second kappa shape index (κ2) is 6.42. The smallest absolute Gasteiger partial charge is 0.358 e. The van der Waals surface area contributed by atoms with E-state index in [0.29, 0.717) is 6.42 Å². The molecule has 19 heavy (non-hydrogen) atoms. The molecule has 1 heterocycles. The molecule has 0 aliphatic rings. The lowest BCUT2D eigenvalue weighted by molar-refractivity contribution is 0.0590. The van der Waals surface area contributed by atoms with Crippen molar-refractivity contribution in [1.82, 2.24) is 9.29 Å². The number of aliphatic hydroxyl groups excluding tert-OH is 1. The monoisotopic (exact) mass is 308 g/mol. The summed E-state index contributed by atoms with van der Waals surface area (Å²) in [6.07, 6.45) is -0.290. The van der Waals surface area contributed by atoms with Crippen molar-refractivity contribution in [3.8, 4) is 0 Å². The first kappa shape index (κ1) is 16.0. The summed E-state index contributed by atoms with van der Waals surface area (Å²) in [6.45, 7) is 1.73. The summed E-state index contributed by atoms with van der Waals surface area (Å²) in [5.41, 5.74) is 1.07. The molecule has 1 aromatic rings. The van der Waals surface area contributed by atoms with E-state index in [2.05, 4.69) is 9.72 Å². The number of ether oxygens (including phenoxy) is 1. The van der Waals surface area contributed by atoms with E-state index in [1.807, 2.05) is 0 Å². The van der Waals surface area contributed by atoms with Crippen LogP contribution in [0.2, 0.25) is 0 Å². The average Bonchev–Trinajstić information content (AvgIpc) is 2.84. The van der Waals surface area contributed by atoms with Crippen molar-refractivity contribution in [2.45, 2.75) is 23.7 Å². The minimum Gasteiger partial charge on any atom is -0.464 e. The fraction of sp³-hybridized carbons (Fsp3) is 0.600. The number of rotatable bonds is 6. The van der Waals surface area contributed by atoms with Crippen molar-refractivity contribution in [2.24, 2.45) is 0 Å². The van der Waals surface area contributed by atoms with Crippen LogP contribution >= 0.6 is 11.3 Å². The molecule has 1 rings (SSSR count). The van der Waals surface area contributed by atoms with E-state index >= 15 is 0 Å². The summed E-state index contributed by atoms with van der Waals surface area (Å²) in [6, 6.07) is 0. The highest BCUT2D eigenvalue weighted by molar-refractivity contribution is 7.91. The second-order valence-corrected chi connectivity index (χ2v) is 7.04. The number of esters is 1. The molecule has 9 heteroatoms. The number of sulfonamides is 1. The van der Waals surface area contributed by atoms with Gasteiger partial charge in [0.15, 0.2) is 9.90 Å². The van der Waals surface area contributed by atoms with Crippen molar-refractivity contribution in [3.05, 3.63) is 11.2 Å². The van der Waals surface area contributed by atoms with Crippen LogP contribution in [0.3, 0.4) is 0 Å². The molecule has 0 aliphatic carbocycles. The fourth-order valence-electron chi connectivity index (χ4n) is 1.28. The number of methoxy groups -OCH3 is 1. The summed E-state index contributed by atoms with van der Waals surface area (Å²) < 4.78 is 29.9. The van der Waals surface area contributed by atoms with E-state index in [1.165, 1.54) is 12.6 Å². The Labute approximate surface area is 115 Å². The van der Waals surface area contributed by atoms with E-state index in [0.717, 1.165) is 22.8 Å². The van der Waals surface area contributed by atoms with Crippen LogP contribution in [0.15, 0.2) is 9.72 Å². The SMILES string of the molecule is COC(=O)c1ncsc1S(=O)(=O)N(C)CCC(C)O. The number of hydrogen-bond donors (Lipinski definition) is 1. The van der Waals surface area contributed by atoms with Gasteiger partial charge in [-0.25, -0.2) is 22.5 Å². The molecular formula is C10H16N2O5S2. The van der Waals surface area contributed by atoms with E-state index in [9.17, 15) is 18.3 Å². The highest BCUT2D eigenvalue weighted by Crippen LogP contribution is 2.24. The number of aliphatic hydroxyl groups is 1. The molecule has 0 amide bonds. The summed E-state index contributed by atoms with van der Waals surface area (Å²) in [4.78, 5) is 15.1. The molecule has 0 spiro atoms. The maximum Gasteiger partial charge on any atom is 0.358 e. The summed E-state index contributed by atoms with van der Waals surface area (Å²) in [7, 11) is -1.25. The molecule has 108 valence electrons. The van der Waals surface area contributed by atoms with Gasteiger partial charge in [0.05, 0.1) is 18.7 Å². The Bertz CT molecular complexity index is 538. The minimum absolute atomic E-state index is 0.146. The highest BCUT2D eigenvalue weighted by atomic mass is 32.2. The Kier molecular flexibility index (Phi) is 5.41. The van der Waals surface area contributed by atoms with Gasteiger partial charge in [-0.3, -0.25) is 0 Å². The van der Waals surface area contributed by atoms with Gasteiger partial charge >= 0.3 is 5.97 Å². The highest BCUT2D eigenvalue weighted by Gasteiger charge is 2.30. The number of hydrogen-bond acceptors (Lipinski definition) is 7. The van der Waals surface area contributed by atoms with E-state index in [1.54, 1.807) is 6.92 Å². The third-order valence-electron chi connectivity index (χ3n) is 2.42. The predicted octanol–water partition coefficient (Wildman–Crippen LogP) is 0.321. The van der Waals surface area contributed by atoms with Gasteiger partial charge in [-0.2, -0.15) is 0 Å². The maximum atomic E-state index is 12.3. The molecule has 0 aliphatic heterocycles. The number of carbonyl (C=O) groups excluding carboxylic acids is 1. The molecule has 0 saturated carbocycles. The first-order chi connectivity index (χ1) is 8.80. The third kappa shape index (κ3) is 3.72. The number of thiazole rings is 1. The van der Waals surface area contributed by atoms with Gasteiger partial charge in [-0.15, -0.1) is 11.3 Å². The standard InChI is InChI=1S/C10H16N2O5S2/c1-7(13)4-5-12(2)19(15,16)10-8(9(14)17-3)11-6-18-10/h6-7,13H,4-5H2,1-3H3. The minimum atomic E-state index is -3.80. The van der Waals surface area contributed by atoms with Crippen molar-refractivity contribution in [3.63, 3.8) is 0 Å². The van der Waals surface area contributed by atoms with Crippen LogP contribution < -0.4 is 0 Å². The lowest BCUT2D eigenvalue weighted by Gasteiger charge is -2.17. The van der Waals surface area contributed by atoms with Crippen LogP contribution in [0, 0.1) is 0 Å². The van der Waals surface area contributed by atoms with Gasteiger partial charge < -0.3 is 9.84 Å². The van der Waals surface area contributed by atoms with Crippen molar-refractivity contribution < 1.29 is 23.1 Å². The quantitative estimate of drug-likeness (QED) is 0.760. The van der Waals surface area contributed by atoms with Crippen molar-refractivity contribution in [2.75, 3.05) is 20.7 Å². The molecule has 0 radical (unpaired) electrons. The lowest BCUT2D eigenvalue weighted by Crippen LogP contribution is -2.30. The summed E-state index contributed by atoms with van der Waals surface area (Å²) in [5.74, 6) is -0.788. The Morgan fingerprint density at radius 1 is 1.63 bits per heavy atom. The Balaban J connectivity index is 3.00. The van der Waals surface area contributed by atoms with Crippen LogP contribution in [-0.2, 0) is 14.8 Å². The number of aromatic nitrogens is 1. The molecule has 0 aromatic carbocycles. The molecule has 7 nitrogen and oxygen atoms in total. The van der Waals surface area contributed by atoms with Crippen LogP contribution in [0.5, 0.6) is 0 Å². The molecule has 1 unspecified atom stereocenters. The molecule has 1 atom stereocenters. The first-order valence-corrected chi connectivity index (χ1v) is 7.79. The topological polar surface area (TPSA) is 96.8 Å². The molecule has 1 aromatic heterocycles. The summed E-state index contributed by atoms with van der Waals surface area (Å²) >= 11 is 0.859. The number of nitrogens with zero attached hydrogens (tertiary/aromatic N) is 2. The van der Waals surface area contributed by atoms with Gasteiger partial charge in [0, 0.05) is 13.6 Å². The molecule has 0 bridgehead atoms. The van der Waals surface area contributed by atoms with Gasteiger partial charge in [0.25, 0.3) is 10.0 Å². The van der Waals surface area contributed by atoms with Crippen LogP contribution in [-0.4, -0.2) is 55.6 Å². The van der Waals surface area contributed by atoms with E-state index < -0.39 is 22.1 Å². The molecular weight excluding hydrogens is 292 g/mol. The van der Waals surface area contributed by atoms with Crippen LogP contribution in [0.4, 0.5) is 0 Å². The van der Waals surface area contributed by atoms with E-state index in [-0.39, 0.29) is 16.4 Å². The predicted molar refractivity (Wildman–Crippen MR) is 69.6 cm³/mol. The summed E-state index contributed by atoms with van der Waals surface area (Å²) in [5, 5.41) is 9.17. The third-order valence-corrected chi connectivity index (χ3v) is 5.62. The van der Waals surface area contributed by atoms with Gasteiger partial charge in [0.1, 0.15) is 0 Å².